The van der Waals surface area contributed by atoms with E-state index in [0.29, 0.717) is 5.69 Å². The van der Waals surface area contributed by atoms with Crippen molar-refractivity contribution in [1.29, 1.82) is 0 Å². The van der Waals surface area contributed by atoms with Gasteiger partial charge in [0.15, 0.2) is 6.23 Å². The highest BCUT2D eigenvalue weighted by atomic mass is 32.2. The van der Waals surface area contributed by atoms with Crippen molar-refractivity contribution in [2.75, 3.05) is 22.6 Å². The van der Waals surface area contributed by atoms with Crippen molar-refractivity contribution in [2.24, 2.45) is 0 Å². The van der Waals surface area contributed by atoms with Gasteiger partial charge < -0.3 is 9.64 Å². The van der Waals surface area contributed by atoms with Crippen molar-refractivity contribution < 1.29 is 14.3 Å². The number of hydrogen-bond acceptors (Lipinski definition) is 5. The largest absolute Gasteiger partial charge is 0.470 e. The van der Waals surface area contributed by atoms with E-state index in [-0.39, 0.29) is 23.1 Å². The fourth-order valence-electron chi connectivity index (χ4n) is 3.20. The summed E-state index contributed by atoms with van der Waals surface area (Å²) in [6.07, 6.45) is 1.77. The number of thioether (sulfide) groups is 1. The molecule has 0 bridgehead atoms. The summed E-state index contributed by atoms with van der Waals surface area (Å²) < 4.78 is 6.13. The standard InChI is InChI=1S/C19H18N2O3S/c1-20(18-10-9-13-5-2-3-8-16(13)24-18)14-6-4-7-15(11-14)21-17(22)12-25-19(21)23/h2-8,11,18H,9-10,12H2,1H3. The van der Waals surface area contributed by atoms with E-state index >= 15 is 0 Å². The molecule has 0 aromatic heterocycles. The molecule has 1 saturated heterocycles. The van der Waals surface area contributed by atoms with Gasteiger partial charge in [0, 0.05) is 19.2 Å². The minimum Gasteiger partial charge on any atom is -0.470 e. The zero-order chi connectivity index (χ0) is 17.4. The highest BCUT2D eigenvalue weighted by Gasteiger charge is 2.32. The second-order valence-corrected chi connectivity index (χ2v) is 7.06. The third-order valence-corrected chi connectivity index (χ3v) is 5.40. The molecule has 2 aliphatic rings. The van der Waals surface area contributed by atoms with Crippen LogP contribution in [0, 0.1) is 0 Å². The minimum atomic E-state index is -0.215. The molecular formula is C19H18N2O3S. The maximum atomic E-state index is 12.0. The zero-order valence-electron chi connectivity index (χ0n) is 13.8. The number of carbonyl (C=O) groups is 2. The summed E-state index contributed by atoms with van der Waals surface area (Å²) in [5, 5.41) is -0.215. The Morgan fingerprint density at radius 3 is 2.80 bits per heavy atom. The maximum absolute atomic E-state index is 12.0. The SMILES string of the molecule is CN(c1cccc(N2C(=O)CSC2=O)c1)C1CCc2ccccc2O1. The number of fused-ring (bicyclic) bond motifs is 1. The van der Waals surface area contributed by atoms with Gasteiger partial charge in [-0.2, -0.15) is 0 Å². The van der Waals surface area contributed by atoms with Gasteiger partial charge in [-0.05, 0) is 36.2 Å². The average molecular weight is 354 g/mol. The first kappa shape index (κ1) is 16.0. The number of para-hydroxylation sites is 1. The van der Waals surface area contributed by atoms with Crippen molar-refractivity contribution >= 4 is 34.3 Å². The quantitative estimate of drug-likeness (QED) is 0.842. The van der Waals surface area contributed by atoms with Gasteiger partial charge in [0.1, 0.15) is 5.75 Å². The van der Waals surface area contributed by atoms with Crippen LogP contribution >= 0.6 is 11.8 Å². The lowest BCUT2D eigenvalue weighted by atomic mass is 10.0. The molecule has 5 nitrogen and oxygen atoms in total. The van der Waals surface area contributed by atoms with Gasteiger partial charge in [0.2, 0.25) is 5.91 Å². The number of rotatable bonds is 3. The van der Waals surface area contributed by atoms with E-state index in [9.17, 15) is 9.59 Å². The summed E-state index contributed by atoms with van der Waals surface area (Å²) in [5.41, 5.74) is 2.76. The molecule has 0 saturated carbocycles. The first-order valence-electron chi connectivity index (χ1n) is 8.20. The van der Waals surface area contributed by atoms with E-state index in [2.05, 4.69) is 11.0 Å². The topological polar surface area (TPSA) is 49.9 Å². The molecule has 4 rings (SSSR count). The molecule has 2 aromatic rings. The Kier molecular flexibility index (Phi) is 4.13. The van der Waals surface area contributed by atoms with E-state index in [1.165, 1.54) is 10.5 Å². The van der Waals surface area contributed by atoms with Crippen LogP contribution in [0.2, 0.25) is 0 Å². The van der Waals surface area contributed by atoms with Crippen LogP contribution in [0.4, 0.5) is 16.2 Å². The number of aryl methyl sites for hydroxylation is 1. The minimum absolute atomic E-state index is 0.0792. The number of nitrogens with zero attached hydrogens (tertiary/aromatic N) is 2. The Bertz CT molecular complexity index is 823. The Hall–Kier alpha value is -2.47. The molecule has 0 radical (unpaired) electrons. The third-order valence-electron chi connectivity index (χ3n) is 4.57. The number of imide groups is 1. The van der Waals surface area contributed by atoms with Crippen molar-refractivity contribution in [3.63, 3.8) is 0 Å². The lowest BCUT2D eigenvalue weighted by molar-refractivity contribution is -0.115. The number of anilines is 2. The Morgan fingerprint density at radius 2 is 2.00 bits per heavy atom. The fraction of sp³-hybridized carbons (Fsp3) is 0.263. The second-order valence-electron chi connectivity index (χ2n) is 6.13. The number of carbonyl (C=O) groups excluding carboxylic acids is 2. The molecule has 1 atom stereocenters. The van der Waals surface area contributed by atoms with Crippen molar-refractivity contribution in [2.45, 2.75) is 19.1 Å². The summed E-state index contributed by atoms with van der Waals surface area (Å²) in [6.45, 7) is 0. The van der Waals surface area contributed by atoms with E-state index in [4.69, 9.17) is 4.74 Å². The maximum Gasteiger partial charge on any atom is 0.293 e. The average Bonchev–Trinajstić information content (AvgIpc) is 2.99. The van der Waals surface area contributed by atoms with Gasteiger partial charge in [-0.3, -0.25) is 9.59 Å². The molecule has 2 aliphatic heterocycles. The van der Waals surface area contributed by atoms with Crippen LogP contribution in [0.1, 0.15) is 12.0 Å². The second kappa shape index (κ2) is 6.44. The normalized spacial score (nSPS) is 19.6. The number of benzene rings is 2. The summed E-state index contributed by atoms with van der Waals surface area (Å²) >= 11 is 1.04. The number of ether oxygens (including phenoxy) is 1. The van der Waals surface area contributed by atoms with Gasteiger partial charge in [-0.15, -0.1) is 0 Å². The van der Waals surface area contributed by atoms with E-state index < -0.39 is 0 Å². The van der Waals surface area contributed by atoms with Gasteiger partial charge in [-0.1, -0.05) is 36.0 Å². The predicted molar refractivity (Wildman–Crippen MR) is 99.4 cm³/mol. The van der Waals surface area contributed by atoms with Gasteiger partial charge >= 0.3 is 0 Å². The molecule has 2 heterocycles. The van der Waals surface area contributed by atoms with Crippen LogP contribution in [0.3, 0.4) is 0 Å². The van der Waals surface area contributed by atoms with Crippen molar-refractivity contribution in [3.05, 3.63) is 54.1 Å². The summed E-state index contributed by atoms with van der Waals surface area (Å²) in [4.78, 5) is 27.2. The van der Waals surface area contributed by atoms with E-state index in [1.807, 2.05) is 43.4 Å². The van der Waals surface area contributed by atoms with Crippen molar-refractivity contribution in [3.8, 4) is 5.75 Å². The Balaban J connectivity index is 1.57. The van der Waals surface area contributed by atoms with Crippen LogP contribution in [0.25, 0.3) is 0 Å². The first-order valence-corrected chi connectivity index (χ1v) is 9.19. The summed E-state index contributed by atoms with van der Waals surface area (Å²) in [7, 11) is 1.97. The molecule has 1 fully saturated rings. The molecule has 2 amide bonds. The van der Waals surface area contributed by atoms with Crippen LogP contribution < -0.4 is 14.5 Å². The zero-order valence-corrected chi connectivity index (χ0v) is 14.7. The lowest BCUT2D eigenvalue weighted by Gasteiger charge is -2.34. The van der Waals surface area contributed by atoms with Gasteiger partial charge in [0.25, 0.3) is 5.24 Å². The van der Waals surface area contributed by atoms with Gasteiger partial charge in [0.05, 0.1) is 11.4 Å². The van der Waals surface area contributed by atoms with E-state index in [1.54, 1.807) is 6.07 Å². The molecule has 6 heteroatoms. The third kappa shape index (κ3) is 2.98. The smallest absolute Gasteiger partial charge is 0.293 e. The summed E-state index contributed by atoms with van der Waals surface area (Å²) in [5.74, 6) is 0.960. The van der Waals surface area contributed by atoms with Crippen LogP contribution in [-0.4, -0.2) is 30.2 Å². The van der Waals surface area contributed by atoms with Gasteiger partial charge in [-0.25, -0.2) is 4.90 Å². The fourth-order valence-corrected chi connectivity index (χ4v) is 3.92. The summed E-state index contributed by atoms with van der Waals surface area (Å²) in [6, 6.07) is 15.6. The predicted octanol–water partition coefficient (Wildman–Crippen LogP) is 3.67. The molecule has 1 unspecified atom stereocenters. The van der Waals surface area contributed by atoms with Crippen LogP contribution in [0.15, 0.2) is 48.5 Å². The van der Waals surface area contributed by atoms with Crippen molar-refractivity contribution in [1.82, 2.24) is 0 Å². The van der Waals surface area contributed by atoms with Crippen LogP contribution in [-0.2, 0) is 11.2 Å². The Labute approximate surface area is 150 Å². The molecule has 25 heavy (non-hydrogen) atoms. The van der Waals surface area contributed by atoms with E-state index in [0.717, 1.165) is 36.0 Å². The molecule has 2 aromatic carbocycles. The first-order chi connectivity index (χ1) is 12.1. The monoisotopic (exact) mass is 354 g/mol. The molecule has 128 valence electrons. The van der Waals surface area contributed by atoms with Crippen LogP contribution in [0.5, 0.6) is 5.75 Å². The lowest BCUT2D eigenvalue weighted by Crippen LogP contribution is -2.39. The molecule has 0 spiro atoms. The highest BCUT2D eigenvalue weighted by Crippen LogP contribution is 2.33. The molecular weight excluding hydrogens is 336 g/mol. The molecule has 0 aliphatic carbocycles. The Morgan fingerprint density at radius 1 is 1.16 bits per heavy atom. The highest BCUT2D eigenvalue weighted by molar-refractivity contribution is 8.15. The number of hydrogen-bond donors (Lipinski definition) is 0. The molecule has 0 N–H and O–H groups in total. The number of amides is 2.